The summed E-state index contributed by atoms with van der Waals surface area (Å²) >= 11 is 0. The zero-order chi connectivity index (χ0) is 28.0. The van der Waals surface area contributed by atoms with Crippen LogP contribution in [0.15, 0.2) is 97.5 Å². The minimum absolute atomic E-state index is 0.178. The van der Waals surface area contributed by atoms with E-state index in [1.165, 1.54) is 5.56 Å². The van der Waals surface area contributed by atoms with E-state index in [9.17, 15) is 4.79 Å². The van der Waals surface area contributed by atoms with Gasteiger partial charge in [-0.1, -0.05) is 48.5 Å². The van der Waals surface area contributed by atoms with Gasteiger partial charge in [0.05, 0.1) is 24.3 Å². The van der Waals surface area contributed by atoms with E-state index in [0.717, 1.165) is 77.6 Å². The molecule has 0 amide bonds. The Morgan fingerprint density at radius 1 is 0.780 bits per heavy atom. The number of carbonyl (C=O) groups is 1. The first-order chi connectivity index (χ1) is 20.1. The zero-order valence-electron chi connectivity index (χ0n) is 23.2. The molecule has 6 rings (SSSR count). The maximum Gasteiger partial charge on any atom is 0.147 e. The molecule has 1 saturated heterocycles. The van der Waals surface area contributed by atoms with Crippen LogP contribution in [-0.2, 0) is 24.2 Å². The number of hydrogen-bond donors (Lipinski definition) is 0. The number of hydrogen-bond acceptors (Lipinski definition) is 7. The normalized spacial score (nSPS) is 13.8. The SMILES string of the molecule is COc1cccc(CC(=O)Cc2ccc(-c3ccc4ncc(N5CCN(Cc6cccnc6)CC5)nc4c3)cc2)c1. The summed E-state index contributed by atoms with van der Waals surface area (Å²) < 4.78 is 5.27. The summed E-state index contributed by atoms with van der Waals surface area (Å²) in [6, 6.07) is 26.2. The van der Waals surface area contributed by atoms with E-state index >= 15 is 0 Å². The van der Waals surface area contributed by atoms with E-state index in [0.29, 0.717) is 12.8 Å². The summed E-state index contributed by atoms with van der Waals surface area (Å²) in [6.45, 7) is 4.70. The molecule has 0 bridgehead atoms. The number of rotatable bonds is 9. The van der Waals surface area contributed by atoms with Crippen molar-refractivity contribution in [2.45, 2.75) is 19.4 Å². The third kappa shape index (κ3) is 6.58. The molecule has 0 N–H and O–H groups in total. The number of piperazine rings is 1. The van der Waals surface area contributed by atoms with Crippen LogP contribution in [0.3, 0.4) is 0 Å². The van der Waals surface area contributed by atoms with E-state index < -0.39 is 0 Å². The monoisotopic (exact) mass is 543 g/mol. The fraction of sp³-hybridized carbons (Fsp3) is 0.235. The third-order valence-electron chi connectivity index (χ3n) is 7.58. The minimum atomic E-state index is 0.178. The minimum Gasteiger partial charge on any atom is -0.497 e. The van der Waals surface area contributed by atoms with Gasteiger partial charge < -0.3 is 9.64 Å². The topological polar surface area (TPSA) is 71.5 Å². The van der Waals surface area contributed by atoms with E-state index in [4.69, 9.17) is 14.7 Å². The molecule has 7 heteroatoms. The standard InChI is InChI=1S/C34H33N5O2/c1-41-31-6-2-4-26(20-31)19-30(40)18-25-7-9-28(10-8-25)29-11-12-32-33(21-29)37-34(23-36-32)39-16-14-38(15-17-39)24-27-5-3-13-35-22-27/h2-13,20-23H,14-19,24H2,1H3. The van der Waals surface area contributed by atoms with Crippen molar-refractivity contribution < 1.29 is 9.53 Å². The van der Waals surface area contributed by atoms with Gasteiger partial charge in [-0.2, -0.15) is 0 Å². The van der Waals surface area contributed by atoms with Crippen LogP contribution in [0.1, 0.15) is 16.7 Å². The van der Waals surface area contributed by atoms with Crippen LogP contribution in [0.4, 0.5) is 5.82 Å². The highest BCUT2D eigenvalue weighted by atomic mass is 16.5. The summed E-state index contributed by atoms with van der Waals surface area (Å²) in [7, 11) is 1.64. The molecular weight excluding hydrogens is 510 g/mol. The Hall–Kier alpha value is -4.62. The maximum absolute atomic E-state index is 12.7. The molecule has 206 valence electrons. The molecule has 1 aliphatic rings. The van der Waals surface area contributed by atoms with Crippen molar-refractivity contribution in [3.8, 4) is 16.9 Å². The molecule has 0 atom stereocenters. The lowest BCUT2D eigenvalue weighted by Gasteiger charge is -2.35. The molecule has 0 unspecified atom stereocenters. The van der Waals surface area contributed by atoms with Crippen LogP contribution in [0.25, 0.3) is 22.2 Å². The molecule has 3 heterocycles. The number of fused-ring (bicyclic) bond motifs is 1. The summed E-state index contributed by atoms with van der Waals surface area (Å²) in [5, 5.41) is 0. The molecule has 1 fully saturated rings. The highest BCUT2D eigenvalue weighted by Gasteiger charge is 2.19. The van der Waals surface area contributed by atoms with E-state index in [1.54, 1.807) is 7.11 Å². The van der Waals surface area contributed by atoms with Gasteiger partial charge in [0, 0.05) is 58.0 Å². The number of ether oxygens (including phenoxy) is 1. The second-order valence-electron chi connectivity index (χ2n) is 10.5. The first-order valence-corrected chi connectivity index (χ1v) is 14.0. The lowest BCUT2D eigenvalue weighted by atomic mass is 9.99. The van der Waals surface area contributed by atoms with Crippen molar-refractivity contribution in [3.05, 3.63) is 114 Å². The number of carbonyl (C=O) groups excluding carboxylic acids is 1. The van der Waals surface area contributed by atoms with E-state index in [2.05, 4.69) is 45.1 Å². The highest BCUT2D eigenvalue weighted by molar-refractivity contribution is 5.84. The Morgan fingerprint density at radius 2 is 1.56 bits per heavy atom. The van der Waals surface area contributed by atoms with Crippen molar-refractivity contribution in [1.82, 2.24) is 19.9 Å². The number of pyridine rings is 1. The summed E-state index contributed by atoms with van der Waals surface area (Å²) in [5.74, 6) is 1.87. The number of anilines is 1. The van der Waals surface area contributed by atoms with Crippen LogP contribution in [0.5, 0.6) is 5.75 Å². The summed E-state index contributed by atoms with van der Waals surface area (Å²) in [5.41, 5.74) is 7.16. The predicted octanol–water partition coefficient (Wildman–Crippen LogP) is 5.38. The van der Waals surface area contributed by atoms with Gasteiger partial charge in [-0.05, 0) is 58.1 Å². The number of ketones is 1. The lowest BCUT2D eigenvalue weighted by Crippen LogP contribution is -2.46. The van der Waals surface area contributed by atoms with Crippen LogP contribution in [0.2, 0.25) is 0 Å². The quantitative estimate of drug-likeness (QED) is 0.247. The number of nitrogens with zero attached hydrogens (tertiary/aromatic N) is 5. The number of Topliss-reactive ketones (excluding diaryl/α,β-unsaturated/α-hetero) is 1. The molecule has 0 aliphatic carbocycles. The Labute approximate surface area is 240 Å². The average Bonchev–Trinajstić information content (AvgIpc) is 3.02. The fourth-order valence-electron chi connectivity index (χ4n) is 5.33. The van der Waals surface area contributed by atoms with Crippen molar-refractivity contribution in [2.24, 2.45) is 0 Å². The smallest absolute Gasteiger partial charge is 0.147 e. The second-order valence-corrected chi connectivity index (χ2v) is 10.5. The van der Waals surface area contributed by atoms with Gasteiger partial charge in [-0.3, -0.25) is 19.7 Å². The molecule has 7 nitrogen and oxygen atoms in total. The average molecular weight is 544 g/mol. The van der Waals surface area contributed by atoms with Crippen LogP contribution >= 0.6 is 0 Å². The first-order valence-electron chi connectivity index (χ1n) is 14.0. The third-order valence-corrected chi connectivity index (χ3v) is 7.58. The van der Waals surface area contributed by atoms with Crippen molar-refractivity contribution in [2.75, 3.05) is 38.2 Å². The van der Waals surface area contributed by atoms with Crippen molar-refractivity contribution in [1.29, 1.82) is 0 Å². The van der Waals surface area contributed by atoms with Crippen LogP contribution < -0.4 is 9.64 Å². The van der Waals surface area contributed by atoms with Gasteiger partial charge in [0.1, 0.15) is 17.4 Å². The Kier molecular flexibility index (Phi) is 7.96. The van der Waals surface area contributed by atoms with Gasteiger partial charge >= 0.3 is 0 Å². The van der Waals surface area contributed by atoms with Gasteiger partial charge in [0.2, 0.25) is 0 Å². The van der Waals surface area contributed by atoms with Crippen LogP contribution in [0, 0.1) is 0 Å². The molecule has 0 radical (unpaired) electrons. The van der Waals surface area contributed by atoms with Gasteiger partial charge in [0.25, 0.3) is 0 Å². The largest absolute Gasteiger partial charge is 0.497 e. The Morgan fingerprint density at radius 3 is 2.34 bits per heavy atom. The van der Waals surface area contributed by atoms with Crippen LogP contribution in [-0.4, -0.2) is 58.9 Å². The maximum atomic E-state index is 12.7. The van der Waals surface area contributed by atoms with Crippen molar-refractivity contribution >= 4 is 22.6 Å². The zero-order valence-corrected chi connectivity index (χ0v) is 23.2. The Bertz CT molecular complexity index is 1630. The molecule has 1 aliphatic heterocycles. The Balaban J connectivity index is 1.09. The molecule has 3 aromatic carbocycles. The lowest BCUT2D eigenvalue weighted by molar-refractivity contribution is -0.117. The van der Waals surface area contributed by atoms with E-state index in [-0.39, 0.29) is 5.78 Å². The second kappa shape index (κ2) is 12.3. The first kappa shape index (κ1) is 26.6. The number of aromatic nitrogens is 3. The van der Waals surface area contributed by atoms with Gasteiger partial charge in [-0.25, -0.2) is 4.98 Å². The van der Waals surface area contributed by atoms with Gasteiger partial charge in [-0.15, -0.1) is 0 Å². The predicted molar refractivity (Wildman–Crippen MR) is 162 cm³/mol. The van der Waals surface area contributed by atoms with Gasteiger partial charge in [0.15, 0.2) is 0 Å². The molecule has 0 saturated carbocycles. The summed E-state index contributed by atoms with van der Waals surface area (Å²) in [6.07, 6.45) is 6.43. The van der Waals surface area contributed by atoms with Crippen molar-refractivity contribution in [3.63, 3.8) is 0 Å². The molecule has 41 heavy (non-hydrogen) atoms. The number of methoxy groups -OCH3 is 1. The molecular formula is C34H33N5O2. The summed E-state index contributed by atoms with van der Waals surface area (Å²) in [4.78, 5) is 31.4. The molecule has 2 aromatic heterocycles. The van der Waals surface area contributed by atoms with E-state index in [1.807, 2.05) is 67.1 Å². The molecule has 0 spiro atoms. The number of benzene rings is 3. The fourth-order valence-corrected chi connectivity index (χ4v) is 5.33. The highest BCUT2D eigenvalue weighted by Crippen LogP contribution is 2.25. The molecule has 5 aromatic rings.